The van der Waals surface area contributed by atoms with Crippen LogP contribution < -0.4 is 5.32 Å². The van der Waals surface area contributed by atoms with Crippen LogP contribution in [0.1, 0.15) is 19.8 Å². The fourth-order valence-electron chi connectivity index (χ4n) is 3.49. The van der Waals surface area contributed by atoms with Crippen LogP contribution in [-0.2, 0) is 11.0 Å². The lowest BCUT2D eigenvalue weighted by Gasteiger charge is -2.36. The molecule has 1 fully saturated rings. The number of fused-ring (bicyclic) bond motifs is 3. The lowest BCUT2D eigenvalue weighted by molar-refractivity contribution is -0.129. The highest BCUT2D eigenvalue weighted by Gasteiger charge is 2.33. The first-order valence-electron chi connectivity index (χ1n) is 9.08. The van der Waals surface area contributed by atoms with Crippen molar-refractivity contribution in [3.8, 4) is 0 Å². The van der Waals surface area contributed by atoms with Crippen LogP contribution in [0, 0.1) is 5.92 Å². The molecule has 0 amide bonds. The maximum Gasteiger partial charge on any atom is 0.390 e. The molecule has 3 aromatic rings. The number of H-pyrrole nitrogens is 1. The minimum Gasteiger partial charge on any atom is -0.351 e. The highest BCUT2D eigenvalue weighted by atomic mass is 32.2. The van der Waals surface area contributed by atoms with Crippen LogP contribution in [0.5, 0.6) is 0 Å². The Morgan fingerprint density at radius 3 is 2.93 bits per heavy atom. The molecular formula is C17H21F3N6OS. The number of nitrogens with one attached hydrogen (secondary N) is 2. The number of alkyl halides is 3. The van der Waals surface area contributed by atoms with E-state index in [4.69, 9.17) is 0 Å². The Labute approximate surface area is 161 Å². The Balaban J connectivity index is 1.51. The lowest BCUT2D eigenvalue weighted by atomic mass is 9.95. The summed E-state index contributed by atoms with van der Waals surface area (Å²) in [5, 5.41) is 3.40. The van der Waals surface area contributed by atoms with Crippen molar-refractivity contribution in [2.45, 2.75) is 32.0 Å². The Hall–Kier alpha value is -2.14. The molecule has 2 unspecified atom stereocenters. The number of piperidine rings is 1. The van der Waals surface area contributed by atoms with E-state index in [1.807, 2.05) is 10.5 Å². The van der Waals surface area contributed by atoms with Crippen molar-refractivity contribution >= 4 is 33.6 Å². The number of halogens is 3. The minimum atomic E-state index is -4.29. The van der Waals surface area contributed by atoms with Crippen molar-refractivity contribution in [2.24, 2.45) is 5.92 Å². The Morgan fingerprint density at radius 2 is 2.14 bits per heavy atom. The van der Waals surface area contributed by atoms with E-state index in [-0.39, 0.29) is 12.0 Å². The molecule has 11 heteroatoms. The Bertz CT molecular complexity index is 1000. The van der Waals surface area contributed by atoms with E-state index in [2.05, 4.69) is 27.2 Å². The van der Waals surface area contributed by atoms with E-state index >= 15 is 0 Å². The molecule has 1 aliphatic heterocycles. The first-order chi connectivity index (χ1) is 13.3. The van der Waals surface area contributed by atoms with E-state index in [1.165, 1.54) is 0 Å². The van der Waals surface area contributed by atoms with Crippen LogP contribution in [0.25, 0.3) is 16.7 Å². The summed E-state index contributed by atoms with van der Waals surface area (Å²) in [6, 6.07) is 1.83. The average molecular weight is 414 g/mol. The second kappa shape index (κ2) is 7.36. The van der Waals surface area contributed by atoms with E-state index in [0.29, 0.717) is 19.0 Å². The van der Waals surface area contributed by atoms with Gasteiger partial charge >= 0.3 is 6.18 Å². The number of nitrogens with zero attached hydrogens (tertiary/aromatic N) is 4. The van der Waals surface area contributed by atoms with Crippen molar-refractivity contribution < 1.29 is 17.4 Å². The number of anilines is 1. The van der Waals surface area contributed by atoms with Gasteiger partial charge in [-0.25, -0.2) is 18.5 Å². The van der Waals surface area contributed by atoms with Crippen LogP contribution in [0.3, 0.4) is 0 Å². The molecule has 0 aliphatic carbocycles. The lowest BCUT2D eigenvalue weighted by Crippen LogP contribution is -2.48. The highest BCUT2D eigenvalue weighted by Crippen LogP contribution is 2.26. The largest absolute Gasteiger partial charge is 0.390 e. The van der Waals surface area contributed by atoms with Gasteiger partial charge in [-0.15, -0.1) is 0 Å². The first-order valence-corrected chi connectivity index (χ1v) is 10.4. The number of hydrogen-bond donors (Lipinski definition) is 2. The average Bonchev–Trinajstić information content (AvgIpc) is 3.27. The summed E-state index contributed by atoms with van der Waals surface area (Å²) >= 11 is 0. The third-order valence-corrected chi connectivity index (χ3v) is 6.60. The van der Waals surface area contributed by atoms with E-state index in [1.54, 1.807) is 22.9 Å². The molecule has 152 valence electrons. The summed E-state index contributed by atoms with van der Waals surface area (Å²) in [6.45, 7) is 3.01. The molecule has 7 nitrogen and oxygen atoms in total. The van der Waals surface area contributed by atoms with Gasteiger partial charge in [0.2, 0.25) is 5.95 Å². The zero-order chi connectivity index (χ0) is 19.9. The minimum absolute atomic E-state index is 0.0728. The molecule has 4 rings (SSSR count). The predicted octanol–water partition coefficient (Wildman–Crippen LogP) is 2.95. The van der Waals surface area contributed by atoms with Gasteiger partial charge in [-0.2, -0.15) is 13.2 Å². The third-order valence-electron chi connectivity index (χ3n) is 5.14. The number of hydrogen-bond acceptors (Lipinski definition) is 4. The molecule has 1 saturated heterocycles. The molecular weight excluding hydrogens is 393 g/mol. The van der Waals surface area contributed by atoms with Crippen molar-refractivity contribution in [3.63, 3.8) is 0 Å². The number of aromatic amines is 1. The van der Waals surface area contributed by atoms with Crippen LogP contribution >= 0.6 is 0 Å². The molecule has 0 radical (unpaired) electrons. The van der Waals surface area contributed by atoms with Gasteiger partial charge in [-0.05, 0) is 18.4 Å². The summed E-state index contributed by atoms with van der Waals surface area (Å²) in [6.07, 6.45) is 0.665. The van der Waals surface area contributed by atoms with Gasteiger partial charge in [0.05, 0.1) is 40.8 Å². The maximum atomic E-state index is 12.4. The van der Waals surface area contributed by atoms with E-state index in [0.717, 1.165) is 23.1 Å². The van der Waals surface area contributed by atoms with Crippen LogP contribution in [0.15, 0.2) is 24.7 Å². The molecule has 1 aliphatic rings. The molecule has 2 N–H and O–H groups in total. The van der Waals surface area contributed by atoms with Gasteiger partial charge in [0.15, 0.2) is 5.65 Å². The first kappa shape index (κ1) is 19.2. The Morgan fingerprint density at radius 1 is 1.36 bits per heavy atom. The Kier molecular flexibility index (Phi) is 5.04. The van der Waals surface area contributed by atoms with Crippen molar-refractivity contribution in [1.82, 2.24) is 23.7 Å². The standard InChI is InChI=1S/C17H21F3N6OS/c1-11-3-6-25(28(27)7-4-17(18,19)20)10-13(11)24-16-23-9-12-8-22-15-14(26(12)16)2-5-21-15/h2,5,8-9,11,13,21H,3-4,6-7,10H2,1H3,(H,23,24)/t11-,13?,28?/m1/s1. The third kappa shape index (κ3) is 3.86. The molecule has 0 aromatic carbocycles. The topological polar surface area (TPSA) is 78.3 Å². The monoisotopic (exact) mass is 414 g/mol. The molecule has 3 atom stereocenters. The van der Waals surface area contributed by atoms with Crippen molar-refractivity contribution in [2.75, 3.05) is 24.2 Å². The second-order valence-corrected chi connectivity index (χ2v) is 8.67. The van der Waals surface area contributed by atoms with Gasteiger partial charge in [0.1, 0.15) is 0 Å². The molecule has 0 saturated carbocycles. The number of rotatable bonds is 5. The molecule has 0 bridgehead atoms. The van der Waals surface area contributed by atoms with Gasteiger partial charge in [-0.3, -0.25) is 4.40 Å². The summed E-state index contributed by atoms with van der Waals surface area (Å²) in [5.41, 5.74) is 2.45. The van der Waals surface area contributed by atoms with E-state index < -0.39 is 29.3 Å². The van der Waals surface area contributed by atoms with Gasteiger partial charge in [0.25, 0.3) is 0 Å². The van der Waals surface area contributed by atoms with Crippen LogP contribution in [0.2, 0.25) is 0 Å². The summed E-state index contributed by atoms with van der Waals surface area (Å²) in [7, 11) is -1.65. The number of imidazole rings is 1. The predicted molar refractivity (Wildman–Crippen MR) is 101 cm³/mol. The molecule has 0 spiro atoms. The fraction of sp³-hybridized carbons (Fsp3) is 0.529. The smallest absolute Gasteiger partial charge is 0.351 e. The van der Waals surface area contributed by atoms with Gasteiger partial charge in [-0.1, -0.05) is 6.92 Å². The maximum absolute atomic E-state index is 12.4. The second-order valence-electron chi connectivity index (χ2n) is 7.11. The normalized spacial score (nSPS) is 22.7. The number of aromatic nitrogens is 4. The summed E-state index contributed by atoms with van der Waals surface area (Å²) < 4.78 is 53.2. The fourth-order valence-corrected chi connectivity index (χ4v) is 4.79. The summed E-state index contributed by atoms with van der Waals surface area (Å²) in [5.74, 6) is 0.514. The zero-order valence-corrected chi connectivity index (χ0v) is 16.1. The van der Waals surface area contributed by atoms with Crippen LogP contribution in [0.4, 0.5) is 19.1 Å². The van der Waals surface area contributed by atoms with E-state index in [9.17, 15) is 17.4 Å². The summed E-state index contributed by atoms with van der Waals surface area (Å²) in [4.78, 5) is 11.8. The van der Waals surface area contributed by atoms with Gasteiger partial charge in [0, 0.05) is 31.1 Å². The quantitative estimate of drug-likeness (QED) is 0.673. The molecule has 3 aromatic heterocycles. The SMILES string of the molecule is C[C@@H]1CCN(S(=O)CCC(F)(F)F)CC1Nc1ncc2cnc3[nH]ccc3n12. The highest BCUT2D eigenvalue weighted by molar-refractivity contribution is 7.82. The molecule has 28 heavy (non-hydrogen) atoms. The van der Waals surface area contributed by atoms with Crippen molar-refractivity contribution in [3.05, 3.63) is 24.7 Å². The zero-order valence-electron chi connectivity index (χ0n) is 15.2. The van der Waals surface area contributed by atoms with Gasteiger partial charge < -0.3 is 10.3 Å². The molecule has 4 heterocycles. The van der Waals surface area contributed by atoms with Crippen molar-refractivity contribution in [1.29, 1.82) is 0 Å². The van der Waals surface area contributed by atoms with Crippen LogP contribution in [-0.4, -0.2) is 58.9 Å².